The lowest BCUT2D eigenvalue weighted by atomic mass is 10.2. The molecule has 2 N–H and O–H groups in total. The second kappa shape index (κ2) is 6.22. The first-order valence-corrected chi connectivity index (χ1v) is 6.25. The molecule has 0 atom stereocenters. The van der Waals surface area contributed by atoms with Crippen LogP contribution in [0.25, 0.3) is 0 Å². The Bertz CT molecular complexity index is 597. The Morgan fingerprint density at radius 1 is 1.47 bits per heavy atom. The molecule has 0 aliphatic rings. The molecule has 0 heterocycles. The van der Waals surface area contributed by atoms with Crippen LogP contribution in [0.3, 0.4) is 0 Å². The summed E-state index contributed by atoms with van der Waals surface area (Å²) in [4.78, 5) is 13.6. The van der Waals surface area contributed by atoms with Crippen LogP contribution in [-0.2, 0) is 14.6 Å². The van der Waals surface area contributed by atoms with Crippen LogP contribution in [0.5, 0.6) is 5.75 Å². The van der Waals surface area contributed by atoms with Crippen LogP contribution in [-0.4, -0.2) is 42.4 Å². The number of rotatable bonds is 6. The lowest BCUT2D eigenvalue weighted by Gasteiger charge is -1.99. The summed E-state index contributed by atoms with van der Waals surface area (Å²) in [5.74, 6) is -0.204. The Hall–Kier alpha value is -2.04. The van der Waals surface area contributed by atoms with Gasteiger partial charge in [-0.05, 0) is 6.07 Å². The summed E-state index contributed by atoms with van der Waals surface area (Å²) in [6, 6.07) is 3.39. The SMILES string of the molecule is O=[N+]([O-])c1ccc(O)c(C=NCCOS(=O)(=O)O)c1. The van der Waals surface area contributed by atoms with E-state index in [4.69, 9.17) is 4.55 Å². The Morgan fingerprint density at radius 2 is 2.16 bits per heavy atom. The number of hydrogen-bond donors (Lipinski definition) is 2. The van der Waals surface area contributed by atoms with Crippen LogP contribution < -0.4 is 0 Å². The van der Waals surface area contributed by atoms with Gasteiger partial charge in [0.25, 0.3) is 5.69 Å². The summed E-state index contributed by atoms with van der Waals surface area (Å²) >= 11 is 0. The van der Waals surface area contributed by atoms with Crippen molar-refractivity contribution in [2.24, 2.45) is 4.99 Å². The van der Waals surface area contributed by atoms with Gasteiger partial charge in [0, 0.05) is 23.9 Å². The third kappa shape index (κ3) is 5.42. The fraction of sp³-hybridized carbons (Fsp3) is 0.222. The molecule has 0 unspecified atom stereocenters. The molecule has 9 nitrogen and oxygen atoms in total. The zero-order chi connectivity index (χ0) is 14.5. The smallest absolute Gasteiger partial charge is 0.397 e. The number of nitrogens with zero attached hydrogens (tertiary/aromatic N) is 2. The van der Waals surface area contributed by atoms with Gasteiger partial charge in [0.1, 0.15) is 5.75 Å². The quantitative estimate of drug-likeness (QED) is 0.256. The molecule has 1 aromatic rings. The highest BCUT2D eigenvalue weighted by Gasteiger charge is 2.08. The first-order chi connectivity index (χ1) is 8.79. The number of phenolic OH excluding ortho intramolecular Hbond substituents is 1. The molecule has 1 rings (SSSR count). The van der Waals surface area contributed by atoms with Crippen molar-refractivity contribution in [1.82, 2.24) is 0 Å². The number of aromatic hydroxyl groups is 1. The van der Waals surface area contributed by atoms with Crippen LogP contribution in [0.4, 0.5) is 5.69 Å². The topological polar surface area (TPSA) is 139 Å². The van der Waals surface area contributed by atoms with Crippen molar-refractivity contribution in [2.45, 2.75) is 0 Å². The molecule has 0 amide bonds. The Labute approximate surface area is 108 Å². The van der Waals surface area contributed by atoms with Gasteiger partial charge in [-0.15, -0.1) is 0 Å². The molecule has 0 saturated heterocycles. The van der Waals surface area contributed by atoms with Crippen molar-refractivity contribution in [3.8, 4) is 5.75 Å². The van der Waals surface area contributed by atoms with Crippen molar-refractivity contribution >= 4 is 22.3 Å². The zero-order valence-electron chi connectivity index (χ0n) is 9.46. The minimum atomic E-state index is -4.51. The summed E-state index contributed by atoms with van der Waals surface area (Å²) in [5.41, 5.74) is -0.102. The maximum Gasteiger partial charge on any atom is 0.397 e. The molecule has 0 aliphatic carbocycles. The van der Waals surface area contributed by atoms with Gasteiger partial charge in [0.15, 0.2) is 0 Å². The monoisotopic (exact) mass is 290 g/mol. The molecule has 19 heavy (non-hydrogen) atoms. The van der Waals surface area contributed by atoms with Crippen LogP contribution in [0.2, 0.25) is 0 Å². The first kappa shape index (κ1) is 15.0. The van der Waals surface area contributed by atoms with E-state index in [-0.39, 0.29) is 30.2 Å². The van der Waals surface area contributed by atoms with Crippen molar-refractivity contribution in [3.05, 3.63) is 33.9 Å². The van der Waals surface area contributed by atoms with E-state index in [0.29, 0.717) is 0 Å². The molecule has 0 aliphatic heterocycles. The number of nitro benzene ring substituents is 1. The molecule has 0 radical (unpaired) electrons. The van der Waals surface area contributed by atoms with Gasteiger partial charge < -0.3 is 5.11 Å². The van der Waals surface area contributed by atoms with Crippen molar-refractivity contribution < 1.29 is 27.2 Å². The number of phenols is 1. The lowest BCUT2D eigenvalue weighted by Crippen LogP contribution is -2.06. The molecule has 1 aromatic carbocycles. The molecule has 10 heteroatoms. The predicted octanol–water partition coefficient (Wildman–Crippen LogP) is 0.539. The fourth-order valence-electron chi connectivity index (χ4n) is 1.12. The molecule has 0 fully saturated rings. The maximum absolute atomic E-state index is 10.5. The molecule has 104 valence electrons. The van der Waals surface area contributed by atoms with Gasteiger partial charge >= 0.3 is 10.4 Å². The number of non-ortho nitro benzene ring substituents is 1. The Balaban J connectivity index is 2.66. The largest absolute Gasteiger partial charge is 0.507 e. The number of nitro groups is 1. The summed E-state index contributed by atoms with van der Waals surface area (Å²) < 4.78 is 32.7. The van der Waals surface area contributed by atoms with E-state index in [2.05, 4.69) is 9.18 Å². The van der Waals surface area contributed by atoms with E-state index >= 15 is 0 Å². The van der Waals surface area contributed by atoms with Gasteiger partial charge in [-0.1, -0.05) is 0 Å². The van der Waals surface area contributed by atoms with Crippen molar-refractivity contribution in [1.29, 1.82) is 0 Å². The van der Waals surface area contributed by atoms with Gasteiger partial charge in [-0.25, -0.2) is 4.18 Å². The van der Waals surface area contributed by atoms with Crippen molar-refractivity contribution in [3.63, 3.8) is 0 Å². The molecule has 0 saturated carbocycles. The minimum absolute atomic E-state index is 0.109. The van der Waals surface area contributed by atoms with E-state index in [1.807, 2.05) is 0 Å². The van der Waals surface area contributed by atoms with Gasteiger partial charge in [0.05, 0.1) is 18.1 Å². The van der Waals surface area contributed by atoms with Gasteiger partial charge in [-0.2, -0.15) is 8.42 Å². The maximum atomic E-state index is 10.5. The minimum Gasteiger partial charge on any atom is -0.507 e. The molecular formula is C9H10N2O7S. The van der Waals surface area contributed by atoms with Crippen molar-refractivity contribution in [2.75, 3.05) is 13.2 Å². The van der Waals surface area contributed by atoms with E-state index in [1.165, 1.54) is 0 Å². The highest BCUT2D eigenvalue weighted by atomic mass is 32.3. The van der Waals surface area contributed by atoms with Crippen LogP contribution >= 0.6 is 0 Å². The molecule has 0 bridgehead atoms. The molecule has 0 spiro atoms. The normalized spacial score (nSPS) is 11.8. The van der Waals surface area contributed by atoms with Crippen LogP contribution in [0.15, 0.2) is 23.2 Å². The third-order valence-electron chi connectivity index (χ3n) is 1.90. The standard InChI is InChI=1S/C9H10N2O7S/c12-9-2-1-8(11(13)14)5-7(9)6-10-3-4-18-19(15,16)17/h1-2,5-6,12H,3-4H2,(H,15,16,17). The van der Waals surface area contributed by atoms with E-state index < -0.39 is 15.3 Å². The zero-order valence-corrected chi connectivity index (χ0v) is 10.3. The van der Waals surface area contributed by atoms with E-state index in [1.54, 1.807) is 0 Å². The molecule has 0 aromatic heterocycles. The summed E-state index contributed by atoms with van der Waals surface area (Å²) in [5, 5.41) is 19.9. The first-order valence-electron chi connectivity index (χ1n) is 4.88. The van der Waals surface area contributed by atoms with Crippen LogP contribution in [0, 0.1) is 10.1 Å². The summed E-state index contributed by atoms with van der Waals surface area (Å²) in [6.45, 7) is -0.493. The number of benzene rings is 1. The second-order valence-corrected chi connectivity index (χ2v) is 4.38. The number of hydrogen-bond acceptors (Lipinski definition) is 7. The van der Waals surface area contributed by atoms with E-state index in [9.17, 15) is 23.6 Å². The third-order valence-corrected chi connectivity index (χ3v) is 2.37. The van der Waals surface area contributed by atoms with Crippen LogP contribution in [0.1, 0.15) is 5.56 Å². The number of aliphatic imine (C=N–C) groups is 1. The Morgan fingerprint density at radius 3 is 2.74 bits per heavy atom. The highest BCUT2D eigenvalue weighted by Crippen LogP contribution is 2.21. The average molecular weight is 290 g/mol. The second-order valence-electron chi connectivity index (χ2n) is 3.29. The highest BCUT2D eigenvalue weighted by molar-refractivity contribution is 7.80. The van der Waals surface area contributed by atoms with Gasteiger partial charge in [-0.3, -0.25) is 19.7 Å². The molecular weight excluding hydrogens is 280 g/mol. The van der Waals surface area contributed by atoms with Gasteiger partial charge in [0.2, 0.25) is 0 Å². The average Bonchev–Trinajstić information content (AvgIpc) is 2.29. The summed E-state index contributed by atoms with van der Waals surface area (Å²) in [6.07, 6.45) is 1.13. The summed E-state index contributed by atoms with van der Waals surface area (Å²) in [7, 11) is -4.51. The predicted molar refractivity (Wildman–Crippen MR) is 64.7 cm³/mol. The fourth-order valence-corrected chi connectivity index (χ4v) is 1.40. The lowest BCUT2D eigenvalue weighted by molar-refractivity contribution is -0.384. The van der Waals surface area contributed by atoms with E-state index in [0.717, 1.165) is 24.4 Å². The Kier molecular flexibility index (Phi) is 4.92.